The van der Waals surface area contributed by atoms with Gasteiger partial charge in [0.2, 0.25) is 5.91 Å². The van der Waals surface area contributed by atoms with Crippen molar-refractivity contribution in [2.45, 2.75) is 58.8 Å². The predicted molar refractivity (Wildman–Crippen MR) is 83.5 cm³/mol. The molecule has 0 aromatic rings. The fourth-order valence-electron chi connectivity index (χ4n) is 3.17. The van der Waals surface area contributed by atoms with Crippen LogP contribution < -0.4 is 5.73 Å². The fourth-order valence-corrected chi connectivity index (χ4v) is 3.17. The number of carbonyl (C=O) groups excluding carboxylic acids is 1. The molecule has 0 unspecified atom stereocenters. The Morgan fingerprint density at radius 1 is 1.21 bits per heavy atom. The zero-order valence-corrected chi connectivity index (χ0v) is 13.6. The van der Waals surface area contributed by atoms with Gasteiger partial charge in [0.25, 0.3) is 0 Å². The molecule has 1 aliphatic carbocycles. The van der Waals surface area contributed by atoms with E-state index in [9.17, 15) is 4.79 Å². The van der Waals surface area contributed by atoms with Gasteiger partial charge in [-0.2, -0.15) is 0 Å². The van der Waals surface area contributed by atoms with E-state index < -0.39 is 0 Å². The summed E-state index contributed by atoms with van der Waals surface area (Å²) in [5.41, 5.74) is 5.52. The van der Waals surface area contributed by atoms with Gasteiger partial charge in [-0.15, -0.1) is 12.4 Å². The highest BCUT2D eigenvalue weighted by Crippen LogP contribution is 2.29. The van der Waals surface area contributed by atoms with E-state index in [2.05, 4.69) is 13.8 Å². The summed E-state index contributed by atoms with van der Waals surface area (Å²) in [6.45, 7) is 5.53. The van der Waals surface area contributed by atoms with Crippen LogP contribution in [0.15, 0.2) is 0 Å². The Labute approximate surface area is 124 Å². The first-order valence-electron chi connectivity index (χ1n) is 7.55. The van der Waals surface area contributed by atoms with Crippen LogP contribution >= 0.6 is 12.4 Å². The first-order chi connectivity index (χ1) is 8.59. The Morgan fingerprint density at radius 2 is 1.74 bits per heavy atom. The molecule has 0 aliphatic heterocycles. The second-order valence-corrected chi connectivity index (χ2v) is 5.88. The first-order valence-corrected chi connectivity index (χ1v) is 7.55. The largest absolute Gasteiger partial charge is 0.345 e. The second kappa shape index (κ2) is 8.80. The summed E-state index contributed by atoms with van der Waals surface area (Å²) >= 11 is 0. The van der Waals surface area contributed by atoms with Crippen LogP contribution in [0, 0.1) is 11.3 Å². The highest BCUT2D eigenvalue weighted by molar-refractivity contribution is 5.85. The number of nitrogens with zero attached hydrogens (tertiary/aromatic N) is 1. The molecule has 0 bridgehead atoms. The van der Waals surface area contributed by atoms with Crippen LogP contribution in [0.2, 0.25) is 0 Å². The van der Waals surface area contributed by atoms with Crippen molar-refractivity contribution in [2.75, 3.05) is 20.1 Å². The Kier molecular flexibility index (Phi) is 8.67. The molecular formula is C15H31ClN2O. The summed E-state index contributed by atoms with van der Waals surface area (Å²) in [6, 6.07) is 0. The van der Waals surface area contributed by atoms with E-state index in [0.29, 0.717) is 12.5 Å². The highest BCUT2D eigenvalue weighted by atomic mass is 35.5. The molecule has 19 heavy (non-hydrogen) atoms. The summed E-state index contributed by atoms with van der Waals surface area (Å²) in [7, 11) is 1.95. The molecule has 0 atom stereocenters. The third-order valence-corrected chi connectivity index (χ3v) is 4.80. The summed E-state index contributed by atoms with van der Waals surface area (Å²) in [4.78, 5) is 14.5. The molecule has 114 valence electrons. The van der Waals surface area contributed by atoms with Crippen LogP contribution in [-0.4, -0.2) is 30.9 Å². The molecule has 0 spiro atoms. The van der Waals surface area contributed by atoms with Crippen LogP contribution in [0.3, 0.4) is 0 Å². The zero-order valence-electron chi connectivity index (χ0n) is 12.8. The van der Waals surface area contributed by atoms with Crippen LogP contribution in [0.5, 0.6) is 0 Å². The summed E-state index contributed by atoms with van der Waals surface area (Å²) in [5.74, 6) is 0.956. The normalized spacial score (nSPS) is 16.8. The summed E-state index contributed by atoms with van der Waals surface area (Å²) in [5, 5.41) is 0. The molecule has 1 fully saturated rings. The number of carbonyl (C=O) groups is 1. The number of hydrogen-bond donors (Lipinski definition) is 1. The van der Waals surface area contributed by atoms with E-state index in [1.165, 1.54) is 32.1 Å². The Balaban J connectivity index is 0.00000324. The van der Waals surface area contributed by atoms with Gasteiger partial charge in [-0.3, -0.25) is 4.79 Å². The smallest absolute Gasteiger partial charge is 0.229 e. The maximum Gasteiger partial charge on any atom is 0.229 e. The molecule has 3 nitrogen and oxygen atoms in total. The van der Waals surface area contributed by atoms with Crippen molar-refractivity contribution in [3.8, 4) is 0 Å². The van der Waals surface area contributed by atoms with E-state index in [0.717, 1.165) is 19.4 Å². The van der Waals surface area contributed by atoms with E-state index in [1.54, 1.807) is 0 Å². The van der Waals surface area contributed by atoms with Crippen molar-refractivity contribution in [1.29, 1.82) is 0 Å². The average molecular weight is 291 g/mol. The SMILES string of the molecule is CCC(CC)(CN)C(=O)N(C)CC1CCCCC1.Cl. The van der Waals surface area contributed by atoms with Gasteiger partial charge in [0, 0.05) is 20.1 Å². The second-order valence-electron chi connectivity index (χ2n) is 5.88. The first kappa shape index (κ1) is 18.7. The van der Waals surface area contributed by atoms with Gasteiger partial charge in [-0.25, -0.2) is 0 Å². The highest BCUT2D eigenvalue weighted by Gasteiger charge is 2.36. The molecule has 1 rings (SSSR count). The van der Waals surface area contributed by atoms with Crippen molar-refractivity contribution < 1.29 is 4.79 Å². The van der Waals surface area contributed by atoms with Gasteiger partial charge in [0.15, 0.2) is 0 Å². The van der Waals surface area contributed by atoms with Crippen LogP contribution in [0.1, 0.15) is 58.8 Å². The predicted octanol–water partition coefficient (Wildman–Crippen LogP) is 3.21. The van der Waals surface area contributed by atoms with E-state index in [4.69, 9.17) is 5.73 Å². The van der Waals surface area contributed by atoms with Gasteiger partial charge in [0.05, 0.1) is 5.41 Å². The molecule has 0 radical (unpaired) electrons. The van der Waals surface area contributed by atoms with Gasteiger partial charge < -0.3 is 10.6 Å². The van der Waals surface area contributed by atoms with Gasteiger partial charge in [-0.1, -0.05) is 33.1 Å². The number of halogens is 1. The lowest BCUT2D eigenvalue weighted by atomic mass is 9.80. The molecule has 4 heteroatoms. The third-order valence-electron chi connectivity index (χ3n) is 4.80. The summed E-state index contributed by atoms with van der Waals surface area (Å²) in [6.07, 6.45) is 8.27. The topological polar surface area (TPSA) is 46.3 Å². The Bertz CT molecular complexity index is 253. The van der Waals surface area contributed by atoms with Crippen LogP contribution in [0.4, 0.5) is 0 Å². The van der Waals surface area contributed by atoms with Crippen molar-refractivity contribution >= 4 is 18.3 Å². The standard InChI is InChI=1S/C15H30N2O.ClH/c1-4-15(5-2,12-16)14(18)17(3)11-13-9-7-6-8-10-13;/h13H,4-12,16H2,1-3H3;1H. The molecule has 1 aliphatic rings. The van der Waals surface area contributed by atoms with Crippen LogP contribution in [0.25, 0.3) is 0 Å². The van der Waals surface area contributed by atoms with Gasteiger partial charge >= 0.3 is 0 Å². The number of rotatable bonds is 6. The minimum absolute atomic E-state index is 0. The van der Waals surface area contributed by atoms with Crippen molar-refractivity contribution in [3.05, 3.63) is 0 Å². The minimum atomic E-state index is -0.330. The van der Waals surface area contributed by atoms with E-state index in [1.807, 2.05) is 11.9 Å². The van der Waals surface area contributed by atoms with Crippen molar-refractivity contribution in [3.63, 3.8) is 0 Å². The minimum Gasteiger partial charge on any atom is -0.345 e. The monoisotopic (exact) mass is 290 g/mol. The van der Waals surface area contributed by atoms with Crippen molar-refractivity contribution in [1.82, 2.24) is 4.90 Å². The number of nitrogens with two attached hydrogens (primary N) is 1. The molecule has 0 saturated heterocycles. The molecule has 0 heterocycles. The molecular weight excluding hydrogens is 260 g/mol. The number of hydrogen-bond acceptors (Lipinski definition) is 2. The quantitative estimate of drug-likeness (QED) is 0.816. The lowest BCUT2D eigenvalue weighted by Crippen LogP contribution is -2.47. The van der Waals surface area contributed by atoms with E-state index >= 15 is 0 Å². The maximum atomic E-state index is 12.6. The number of amides is 1. The molecule has 0 aromatic heterocycles. The molecule has 0 aromatic carbocycles. The van der Waals surface area contributed by atoms with Crippen molar-refractivity contribution in [2.24, 2.45) is 17.1 Å². The van der Waals surface area contributed by atoms with Gasteiger partial charge in [-0.05, 0) is 31.6 Å². The van der Waals surface area contributed by atoms with E-state index in [-0.39, 0.29) is 23.7 Å². The fraction of sp³-hybridized carbons (Fsp3) is 0.933. The van der Waals surface area contributed by atoms with Crippen LogP contribution in [-0.2, 0) is 4.79 Å². The lowest BCUT2D eigenvalue weighted by molar-refractivity contribution is -0.141. The molecule has 1 saturated carbocycles. The molecule has 1 amide bonds. The average Bonchev–Trinajstić information content (AvgIpc) is 2.42. The zero-order chi connectivity index (χ0) is 13.6. The maximum absolute atomic E-state index is 12.6. The Hall–Kier alpha value is -0.280. The van der Waals surface area contributed by atoms with Gasteiger partial charge in [0.1, 0.15) is 0 Å². The lowest BCUT2D eigenvalue weighted by Gasteiger charge is -2.35. The summed E-state index contributed by atoms with van der Waals surface area (Å²) < 4.78 is 0. The third kappa shape index (κ3) is 4.64. The Morgan fingerprint density at radius 3 is 2.16 bits per heavy atom. The molecule has 2 N–H and O–H groups in total.